The number of hydrogen-bond acceptors (Lipinski definition) is 8. The molecule has 1 aromatic carbocycles. The van der Waals surface area contributed by atoms with E-state index in [1.165, 1.54) is 0 Å². The number of hydrogen-bond donors (Lipinski definition) is 1. The molecule has 5 rings (SSSR count). The fraction of sp³-hybridized carbons (Fsp3) is 0.273. The van der Waals surface area contributed by atoms with Crippen LogP contribution in [0.2, 0.25) is 5.28 Å². The van der Waals surface area contributed by atoms with Crippen LogP contribution in [-0.2, 0) is 11.3 Å². The van der Waals surface area contributed by atoms with Crippen LogP contribution in [0.25, 0.3) is 22.3 Å². The van der Waals surface area contributed by atoms with E-state index < -0.39 is 0 Å². The summed E-state index contributed by atoms with van der Waals surface area (Å²) in [4.78, 5) is 31.0. The Hall–Kier alpha value is -3.79. The highest BCUT2D eigenvalue weighted by Gasteiger charge is 2.27. The summed E-state index contributed by atoms with van der Waals surface area (Å²) in [5.41, 5.74) is 8.46. The van der Waals surface area contributed by atoms with Crippen LogP contribution in [0.1, 0.15) is 24.4 Å². The second kappa shape index (κ2) is 8.99. The largest absolute Gasteiger partial charge is 0.445 e. The van der Waals surface area contributed by atoms with E-state index >= 15 is 0 Å². The number of benzene rings is 1. The van der Waals surface area contributed by atoms with Gasteiger partial charge in [-0.3, -0.25) is 0 Å². The van der Waals surface area contributed by atoms with Crippen LogP contribution in [0.15, 0.2) is 48.9 Å². The molecule has 10 nitrogen and oxygen atoms in total. The Balaban J connectivity index is 1.30. The highest BCUT2D eigenvalue weighted by Crippen LogP contribution is 2.31. The Morgan fingerprint density at radius 3 is 2.55 bits per heavy atom. The standard InChI is InChI=1S/C22H21ClN8O2/c23-20-28-18(15-10-25-21(24)26-11-15)17-12-27-31(19(17)29-20)16-6-8-30(9-7-16)22(32)33-13-14-4-2-1-3-5-14/h1-5,10-12,16H,6-9,13H2,(H2,24,25,26). The van der Waals surface area contributed by atoms with Crippen molar-refractivity contribution in [2.75, 3.05) is 18.8 Å². The van der Waals surface area contributed by atoms with Crippen LogP contribution >= 0.6 is 11.6 Å². The Bertz CT molecular complexity index is 1270. The number of nitrogen functional groups attached to an aromatic ring is 1. The minimum absolute atomic E-state index is 0.0714. The van der Waals surface area contributed by atoms with E-state index in [1.807, 2.05) is 35.0 Å². The number of fused-ring (bicyclic) bond motifs is 1. The van der Waals surface area contributed by atoms with Crippen LogP contribution in [0, 0.1) is 0 Å². The number of anilines is 1. The number of nitrogens with two attached hydrogens (primary N) is 1. The first-order valence-corrected chi connectivity index (χ1v) is 10.9. The molecule has 4 aromatic rings. The highest BCUT2D eigenvalue weighted by atomic mass is 35.5. The second-order valence-corrected chi connectivity index (χ2v) is 8.09. The van der Waals surface area contributed by atoms with E-state index in [0.717, 1.165) is 23.8 Å². The number of amides is 1. The third-order valence-corrected chi connectivity index (χ3v) is 5.81. The van der Waals surface area contributed by atoms with Gasteiger partial charge in [-0.2, -0.15) is 10.1 Å². The fourth-order valence-electron chi connectivity index (χ4n) is 3.95. The molecule has 2 N–H and O–H groups in total. The van der Waals surface area contributed by atoms with Gasteiger partial charge < -0.3 is 15.4 Å². The summed E-state index contributed by atoms with van der Waals surface area (Å²) >= 11 is 6.22. The average molecular weight is 465 g/mol. The third kappa shape index (κ3) is 4.42. The Kier molecular flexibility index (Phi) is 5.74. The van der Waals surface area contributed by atoms with Crippen molar-refractivity contribution in [2.45, 2.75) is 25.5 Å². The number of halogens is 1. The first-order chi connectivity index (χ1) is 16.1. The van der Waals surface area contributed by atoms with Crippen molar-refractivity contribution in [3.63, 3.8) is 0 Å². The van der Waals surface area contributed by atoms with Gasteiger partial charge in [-0.15, -0.1) is 0 Å². The van der Waals surface area contributed by atoms with Crippen molar-refractivity contribution in [1.82, 2.24) is 34.6 Å². The molecule has 3 aromatic heterocycles. The SMILES string of the molecule is Nc1ncc(-c2nc(Cl)nc3c2cnn3C2CCN(C(=O)OCc3ccccc3)CC2)cn1. The zero-order valence-corrected chi connectivity index (χ0v) is 18.4. The average Bonchev–Trinajstić information content (AvgIpc) is 3.27. The van der Waals surface area contributed by atoms with Crippen molar-refractivity contribution >= 4 is 34.7 Å². The maximum atomic E-state index is 12.5. The van der Waals surface area contributed by atoms with Crippen LogP contribution in [0.4, 0.5) is 10.7 Å². The number of piperidine rings is 1. The molecule has 4 heterocycles. The van der Waals surface area contributed by atoms with Crippen LogP contribution in [0.5, 0.6) is 0 Å². The van der Waals surface area contributed by atoms with E-state index in [1.54, 1.807) is 23.5 Å². The molecule has 168 valence electrons. The lowest BCUT2D eigenvalue weighted by Crippen LogP contribution is -2.39. The molecular formula is C22H21ClN8O2. The molecule has 1 fully saturated rings. The zero-order valence-electron chi connectivity index (χ0n) is 17.6. The molecule has 0 unspecified atom stereocenters. The minimum atomic E-state index is -0.307. The molecule has 0 saturated carbocycles. The van der Waals surface area contributed by atoms with Crippen LogP contribution in [-0.4, -0.2) is 53.8 Å². The van der Waals surface area contributed by atoms with Gasteiger partial charge in [0.15, 0.2) is 5.65 Å². The number of likely N-dealkylation sites (tertiary alicyclic amines) is 1. The van der Waals surface area contributed by atoms with Gasteiger partial charge in [0, 0.05) is 31.0 Å². The maximum Gasteiger partial charge on any atom is 0.410 e. The van der Waals surface area contributed by atoms with E-state index in [4.69, 9.17) is 22.1 Å². The predicted molar refractivity (Wildman–Crippen MR) is 122 cm³/mol. The van der Waals surface area contributed by atoms with Gasteiger partial charge in [-0.1, -0.05) is 30.3 Å². The molecule has 0 spiro atoms. The van der Waals surface area contributed by atoms with E-state index in [-0.39, 0.29) is 30.0 Å². The molecule has 1 saturated heterocycles. The highest BCUT2D eigenvalue weighted by molar-refractivity contribution is 6.28. The second-order valence-electron chi connectivity index (χ2n) is 7.76. The molecule has 0 bridgehead atoms. The Morgan fingerprint density at radius 1 is 1.09 bits per heavy atom. The van der Waals surface area contributed by atoms with Gasteiger partial charge in [0.2, 0.25) is 11.2 Å². The van der Waals surface area contributed by atoms with Gasteiger partial charge in [0.05, 0.1) is 23.3 Å². The molecule has 11 heteroatoms. The van der Waals surface area contributed by atoms with E-state index in [9.17, 15) is 4.79 Å². The number of nitrogens with zero attached hydrogens (tertiary/aromatic N) is 7. The summed E-state index contributed by atoms with van der Waals surface area (Å²) in [6, 6.07) is 9.71. The lowest BCUT2D eigenvalue weighted by molar-refractivity contribution is 0.0824. The molecule has 1 aliphatic rings. The normalized spacial score (nSPS) is 14.5. The summed E-state index contributed by atoms with van der Waals surface area (Å²) in [5, 5.41) is 5.42. The van der Waals surface area contributed by atoms with Gasteiger partial charge in [0.1, 0.15) is 6.61 Å². The lowest BCUT2D eigenvalue weighted by Gasteiger charge is -2.31. The molecule has 0 radical (unpaired) electrons. The number of carbonyl (C=O) groups is 1. The molecule has 1 aliphatic heterocycles. The number of rotatable bonds is 4. The summed E-state index contributed by atoms with van der Waals surface area (Å²) in [6.45, 7) is 1.39. The molecule has 0 atom stereocenters. The number of carbonyl (C=O) groups excluding carboxylic acids is 1. The minimum Gasteiger partial charge on any atom is -0.445 e. The summed E-state index contributed by atoms with van der Waals surface area (Å²) in [7, 11) is 0. The summed E-state index contributed by atoms with van der Waals surface area (Å²) < 4.78 is 7.32. The van der Waals surface area contributed by atoms with Crippen molar-refractivity contribution in [1.29, 1.82) is 0 Å². The van der Waals surface area contributed by atoms with E-state index in [2.05, 4.69) is 25.0 Å². The van der Waals surface area contributed by atoms with Crippen molar-refractivity contribution in [3.8, 4) is 11.3 Å². The number of ether oxygens (including phenoxy) is 1. The van der Waals surface area contributed by atoms with Crippen molar-refractivity contribution < 1.29 is 9.53 Å². The lowest BCUT2D eigenvalue weighted by atomic mass is 10.1. The Labute approximate surface area is 194 Å². The maximum absolute atomic E-state index is 12.5. The van der Waals surface area contributed by atoms with Crippen molar-refractivity contribution in [2.24, 2.45) is 0 Å². The number of aromatic nitrogens is 6. The topological polar surface area (TPSA) is 125 Å². The zero-order chi connectivity index (χ0) is 22.8. The first-order valence-electron chi connectivity index (χ1n) is 10.5. The monoisotopic (exact) mass is 464 g/mol. The predicted octanol–water partition coefficient (Wildman–Crippen LogP) is 3.49. The van der Waals surface area contributed by atoms with Crippen LogP contribution < -0.4 is 5.73 Å². The fourth-order valence-corrected chi connectivity index (χ4v) is 4.11. The summed E-state index contributed by atoms with van der Waals surface area (Å²) in [5.74, 6) is 0.180. The van der Waals surface area contributed by atoms with Crippen LogP contribution in [0.3, 0.4) is 0 Å². The molecule has 0 aliphatic carbocycles. The quantitative estimate of drug-likeness (QED) is 0.455. The van der Waals surface area contributed by atoms with Gasteiger partial charge in [0.25, 0.3) is 0 Å². The smallest absolute Gasteiger partial charge is 0.410 e. The molecule has 33 heavy (non-hydrogen) atoms. The Morgan fingerprint density at radius 2 is 1.82 bits per heavy atom. The van der Waals surface area contributed by atoms with E-state index in [0.29, 0.717) is 30.0 Å². The summed E-state index contributed by atoms with van der Waals surface area (Å²) in [6.07, 6.45) is 6.05. The third-order valence-electron chi connectivity index (χ3n) is 5.65. The van der Waals surface area contributed by atoms with Crippen molar-refractivity contribution in [3.05, 3.63) is 59.8 Å². The first kappa shape index (κ1) is 21.1. The van der Waals surface area contributed by atoms with Gasteiger partial charge >= 0.3 is 6.09 Å². The van der Waals surface area contributed by atoms with Gasteiger partial charge in [-0.05, 0) is 30.0 Å². The van der Waals surface area contributed by atoms with Gasteiger partial charge in [-0.25, -0.2) is 24.4 Å². The molecular weight excluding hydrogens is 444 g/mol. The molecule has 1 amide bonds.